The molecule has 2 heterocycles. The Morgan fingerprint density at radius 3 is 1.75 bits per heavy atom. The third-order valence-corrected chi connectivity index (χ3v) is 15.3. The van der Waals surface area contributed by atoms with Crippen LogP contribution in [0.25, 0.3) is 0 Å². The van der Waals surface area contributed by atoms with Crippen LogP contribution in [-0.4, -0.2) is 195 Å². The maximum absolute atomic E-state index is 13.8. The van der Waals surface area contributed by atoms with Gasteiger partial charge in [-0.2, -0.15) is 0 Å². The van der Waals surface area contributed by atoms with Gasteiger partial charge in [-0.3, -0.25) is 67.3 Å². The van der Waals surface area contributed by atoms with Crippen molar-refractivity contribution in [1.82, 2.24) is 53.2 Å². The number of amides is 10. The molecule has 0 bridgehead atoms. The molecular weight excluding hydrogens is 1080 g/mol. The molecule has 418 valence electrons. The number of rotatable bonds is 23. The van der Waals surface area contributed by atoms with Gasteiger partial charge in [-0.05, 0) is 25.3 Å². The van der Waals surface area contributed by atoms with Crippen LogP contribution in [0.5, 0.6) is 0 Å². The molecule has 0 spiro atoms. The maximum atomic E-state index is 13.8. The fraction of sp³-hybridized carbons (Fsp3) is 0.524. The van der Waals surface area contributed by atoms with E-state index in [0.717, 1.165) is 43.2 Å². The summed E-state index contributed by atoms with van der Waals surface area (Å²) in [6.45, 7) is -0.331. The number of nitrogens with two attached hydrogens (primary N) is 3. The Bertz CT molecular complexity index is 2330. The molecule has 2 aliphatic rings. The molecule has 34 heteroatoms. The largest absolute Gasteiger partial charge is 0.481 e. The first-order valence-corrected chi connectivity index (χ1v) is 27.9. The average Bonchev–Trinajstić information content (AvgIpc) is 3.39. The number of aliphatic imine (C=N–C) groups is 1. The molecule has 76 heavy (non-hydrogen) atoms. The van der Waals surface area contributed by atoms with Gasteiger partial charge in [0, 0.05) is 36.0 Å². The monoisotopic (exact) mass is 1140 g/mol. The van der Waals surface area contributed by atoms with Gasteiger partial charge in [0.15, 0.2) is 5.96 Å². The highest BCUT2D eigenvalue weighted by Gasteiger charge is 2.36. The molecule has 0 aliphatic carbocycles. The Morgan fingerprint density at radius 2 is 1.20 bits per heavy atom. The number of aliphatic carboxylic acids is 3. The van der Waals surface area contributed by atoms with Crippen LogP contribution in [0, 0.1) is 0 Å². The van der Waals surface area contributed by atoms with E-state index in [1.807, 2.05) is 0 Å². The molecule has 0 radical (unpaired) electrons. The van der Waals surface area contributed by atoms with Gasteiger partial charge in [-0.15, -0.1) is 0 Å². The molecule has 9 atom stereocenters. The summed E-state index contributed by atoms with van der Waals surface area (Å²) in [6, 6.07) is -4.54. The van der Waals surface area contributed by atoms with E-state index in [-0.39, 0.29) is 54.8 Å². The average molecular weight is 1150 g/mol. The van der Waals surface area contributed by atoms with Crippen molar-refractivity contribution in [1.29, 1.82) is 0 Å². The third-order valence-electron chi connectivity index (χ3n) is 10.4. The molecule has 0 saturated carbocycles. The van der Waals surface area contributed by atoms with E-state index < -0.39 is 157 Å². The van der Waals surface area contributed by atoms with E-state index in [4.69, 9.17) is 22.3 Å². The Morgan fingerprint density at radius 1 is 0.645 bits per heavy atom. The predicted molar refractivity (Wildman–Crippen MR) is 277 cm³/mol. The lowest BCUT2D eigenvalue weighted by Gasteiger charge is -2.25. The molecular formula is C42H60N14O16S4. The van der Waals surface area contributed by atoms with Crippen molar-refractivity contribution >= 4 is 126 Å². The Kier molecular flexibility index (Phi) is 27.0. The SMILES string of the molecule is C[C@H](N)C(=O)N[C@H]1CSSC[C@@H](C(=O)N[C@@H](CCCN=C(N)N)C(=O)NCC(=O)N[C@@H](CC(=O)O)C(=O)N[C@H]2CSSC[C@@H](C(=O)NCC(=O)O)NC(=O)[C@H](Cc3ccccc3)NC2=O)NC(=O)[C@H](CC(=O)O)NC1=O. The van der Waals surface area contributed by atoms with E-state index in [1.54, 1.807) is 30.3 Å². The number of guanidine groups is 1. The summed E-state index contributed by atoms with van der Waals surface area (Å²) in [5, 5.41) is 52.0. The molecule has 1 aromatic carbocycles. The number of carbonyl (C=O) groups is 13. The number of nitrogens with zero attached hydrogens (tertiary/aromatic N) is 1. The zero-order valence-corrected chi connectivity index (χ0v) is 43.8. The molecule has 2 saturated heterocycles. The van der Waals surface area contributed by atoms with Gasteiger partial charge in [0.25, 0.3) is 0 Å². The Labute approximate surface area is 449 Å². The molecule has 1 aromatic rings. The highest BCUT2D eigenvalue weighted by molar-refractivity contribution is 8.77. The normalized spacial score (nSPS) is 21.6. The second-order valence-electron chi connectivity index (χ2n) is 16.6. The number of carbonyl (C=O) groups excluding carboxylic acids is 10. The van der Waals surface area contributed by atoms with E-state index >= 15 is 0 Å². The van der Waals surface area contributed by atoms with Gasteiger partial charge in [0.1, 0.15) is 54.9 Å². The van der Waals surface area contributed by atoms with Gasteiger partial charge in [0.2, 0.25) is 59.1 Å². The van der Waals surface area contributed by atoms with E-state index in [9.17, 15) is 72.5 Å². The molecule has 2 aliphatic heterocycles. The highest BCUT2D eigenvalue weighted by atomic mass is 33.1. The van der Waals surface area contributed by atoms with E-state index in [1.165, 1.54) is 6.92 Å². The summed E-state index contributed by atoms with van der Waals surface area (Å²) < 4.78 is 0. The summed E-state index contributed by atoms with van der Waals surface area (Å²) in [5.74, 6) is -14.9. The first kappa shape index (κ1) is 63.3. The minimum atomic E-state index is -1.87. The minimum absolute atomic E-state index is 0.0400. The van der Waals surface area contributed by atoms with Crippen molar-refractivity contribution in [3.05, 3.63) is 35.9 Å². The Hall–Kier alpha value is -7.04. The first-order chi connectivity index (χ1) is 35.9. The Balaban J connectivity index is 1.79. The van der Waals surface area contributed by atoms with Crippen LogP contribution in [0.3, 0.4) is 0 Å². The molecule has 2 fully saturated rings. The van der Waals surface area contributed by atoms with Crippen LogP contribution in [0.1, 0.15) is 38.2 Å². The lowest BCUT2D eigenvalue weighted by atomic mass is 10.0. The van der Waals surface area contributed by atoms with Gasteiger partial charge in [-0.25, -0.2) is 0 Å². The summed E-state index contributed by atoms with van der Waals surface area (Å²) in [6.07, 6.45) is -2.19. The quantitative estimate of drug-likeness (QED) is 0.0210. The van der Waals surface area contributed by atoms with Crippen LogP contribution >= 0.6 is 43.2 Å². The number of carboxylic acids is 3. The van der Waals surface area contributed by atoms with Gasteiger partial charge < -0.3 is 85.7 Å². The zero-order valence-electron chi connectivity index (χ0n) is 40.5. The molecule has 19 N–H and O–H groups in total. The van der Waals surface area contributed by atoms with E-state index in [2.05, 4.69) is 58.2 Å². The lowest BCUT2D eigenvalue weighted by molar-refractivity contribution is -0.141. The van der Waals surface area contributed by atoms with Crippen LogP contribution in [0.15, 0.2) is 35.3 Å². The molecule has 0 unspecified atom stereocenters. The van der Waals surface area contributed by atoms with Crippen LogP contribution in [0.4, 0.5) is 0 Å². The molecule has 3 rings (SSSR count). The van der Waals surface area contributed by atoms with Crippen molar-refractivity contribution in [2.45, 2.75) is 93.4 Å². The summed E-state index contributed by atoms with van der Waals surface area (Å²) in [4.78, 5) is 172. The number of hydrogen-bond acceptors (Lipinski definition) is 19. The number of hydrogen-bond donors (Lipinski definition) is 16. The van der Waals surface area contributed by atoms with Crippen LogP contribution in [-0.2, 0) is 68.7 Å². The van der Waals surface area contributed by atoms with Gasteiger partial charge >= 0.3 is 17.9 Å². The topological polar surface area (TPSA) is 493 Å². The lowest BCUT2D eigenvalue weighted by Crippen LogP contribution is -2.60. The van der Waals surface area contributed by atoms with Crippen molar-refractivity contribution in [2.24, 2.45) is 22.2 Å². The number of nitrogens with one attached hydrogen (secondary N) is 10. The molecule has 0 aromatic heterocycles. The van der Waals surface area contributed by atoms with Crippen LogP contribution in [0.2, 0.25) is 0 Å². The van der Waals surface area contributed by atoms with Crippen molar-refractivity contribution in [3.63, 3.8) is 0 Å². The standard InChI is InChI=1S/C42H60N14O16S4/c1-19(43)33(64)53-26-16-74-76-17-27(56-38(69)24(12-31(60)61)52-40(26)71)39(70)50-21(8-5-9-46-42(44)45)34(65)47-13-29(57)49-23(11-30(58)59)37(68)55-28-18-75-73-15-25(35(66)48-14-32(62)63)54-36(67)22(51-41(28)72)10-20-6-3-2-4-7-20/h2-4,6-7,19,21-28H,5,8-18,43H2,1H3,(H,47,65)(H,48,66)(H,49,57)(H,50,70)(H,51,72)(H,52,71)(H,53,64)(H,54,67)(H,55,68)(H,56,69)(H,58,59)(H,60,61)(H,62,63)(H4,44,45,46)/t19-,21-,22-,23-,24-,25-,26-,27-,28-/m0/s1. The summed E-state index contributed by atoms with van der Waals surface area (Å²) in [7, 11) is 3.95. The van der Waals surface area contributed by atoms with Crippen molar-refractivity contribution < 1.29 is 77.6 Å². The van der Waals surface area contributed by atoms with Gasteiger partial charge in [0.05, 0.1) is 25.4 Å². The second-order valence-corrected chi connectivity index (χ2v) is 21.7. The minimum Gasteiger partial charge on any atom is -0.481 e. The van der Waals surface area contributed by atoms with E-state index in [0.29, 0.717) is 5.56 Å². The summed E-state index contributed by atoms with van der Waals surface area (Å²) >= 11 is 0. The summed E-state index contributed by atoms with van der Waals surface area (Å²) in [5.41, 5.74) is 17.0. The fourth-order valence-electron chi connectivity index (χ4n) is 6.55. The smallest absolute Gasteiger partial charge is 0.322 e. The van der Waals surface area contributed by atoms with Gasteiger partial charge in [-0.1, -0.05) is 73.5 Å². The van der Waals surface area contributed by atoms with Crippen molar-refractivity contribution in [2.75, 3.05) is 42.6 Å². The fourth-order valence-corrected chi connectivity index (χ4v) is 11.2. The van der Waals surface area contributed by atoms with Crippen molar-refractivity contribution in [3.8, 4) is 0 Å². The second kappa shape index (κ2) is 32.4. The van der Waals surface area contributed by atoms with Crippen LogP contribution < -0.4 is 70.4 Å². The maximum Gasteiger partial charge on any atom is 0.322 e. The third kappa shape index (κ3) is 23.2. The number of benzene rings is 1. The predicted octanol–water partition coefficient (Wildman–Crippen LogP) is -6.44. The number of carboxylic acid groups (broad SMARTS) is 3. The molecule has 30 nitrogen and oxygen atoms in total. The molecule has 10 amide bonds. The zero-order chi connectivity index (χ0) is 56.5. The highest BCUT2D eigenvalue weighted by Crippen LogP contribution is 2.25. The first-order valence-electron chi connectivity index (χ1n) is 22.9.